The Labute approximate surface area is 723 Å². The van der Waals surface area contributed by atoms with Crippen molar-refractivity contribution in [3.63, 3.8) is 0 Å². The molecule has 0 saturated carbocycles. The summed E-state index contributed by atoms with van der Waals surface area (Å²) in [6.45, 7) is 29.1. The quantitative estimate of drug-likeness (QED) is 0.0844. The Morgan fingerprint density at radius 3 is 1.10 bits per heavy atom. The van der Waals surface area contributed by atoms with E-state index in [1.807, 2.05) is 70.5 Å². The van der Waals surface area contributed by atoms with Gasteiger partial charge in [0.05, 0.1) is 29.2 Å². The van der Waals surface area contributed by atoms with Gasteiger partial charge in [-0.05, 0) is 115 Å². The third-order valence-corrected chi connectivity index (χ3v) is 23.1. The summed E-state index contributed by atoms with van der Waals surface area (Å²) in [5.74, 6) is 5.26. The Kier molecular flexibility index (Phi) is 22.9. The standard InChI is InChI=1S/C57H48N4O.C46H41N4O.3Pt/c1-55(2,40-19-10-7-11-20-40)43-26-29-52-50(34-43)49-28-27-47(37-53(49)60(52)54-35-44(30-31-58-54)56(3,4)41-21-12-8-13-22-41)62-48-33-45(57(5,6)42-23-14-9-15-24-42)32-46(36-48)61-51-25-17-16-18-39(51)38-59-61;1-30(2)31-21-22-47-44(23-31)49-42-20-17-34(46(6,7)33-14-9-8-10-15-33)26-40(42)39-19-18-37(28-43(39)49)51-38-25-35(45(3,4)5)24-36(27-38)50-41-16-12-11-13-32(41)29-48-50;;;/h7-35,38H,1-6H3;8-26,29H,1-7H3;;;/q-2;-3;;2*+2. The monoisotopic (exact) mass is 2050 g/mol. The van der Waals surface area contributed by atoms with Crippen molar-refractivity contribution >= 4 is 65.4 Å². The molecule has 10 nitrogen and oxygen atoms in total. The Balaban J connectivity index is 0.000000190. The molecule has 13 heteroatoms. The largest absolute Gasteiger partial charge is 2.00 e. The second kappa shape index (κ2) is 32.6. The van der Waals surface area contributed by atoms with Crippen LogP contribution >= 0.6 is 0 Å². The van der Waals surface area contributed by atoms with E-state index in [0.29, 0.717) is 23.0 Å². The van der Waals surface area contributed by atoms with Crippen LogP contribution in [0.25, 0.3) is 88.4 Å². The summed E-state index contributed by atoms with van der Waals surface area (Å²) in [4.78, 5) is 9.91. The number of benzene rings is 12. The summed E-state index contributed by atoms with van der Waals surface area (Å²) in [5, 5.41) is 16.1. The van der Waals surface area contributed by atoms with Crippen molar-refractivity contribution in [1.82, 2.24) is 38.7 Å². The summed E-state index contributed by atoms with van der Waals surface area (Å²) >= 11 is 0. The SMILES string of the molecule is CC(C)(c1ccccc1)c1cc(Oc2[c-]c3c(cc2)c2cc(C(C)(C)c4ccccc4)ccc2n3-c2cc(C(C)(C)c3ccccc3)ccn2)[c-]c(-n2ncc3ccccc32)c1.C[C-](C)c1ccnc(-n2c3[c-]c(Oc4[c-]c(-n5ncc6ccccc65)cc(C(C)(C)C)c4)ccc3c3cc(C(C)(C)c4ccccc4)ccc32)c1.[Pt+2].[Pt+2].[Pt]. The van der Waals surface area contributed by atoms with E-state index < -0.39 is 0 Å². The van der Waals surface area contributed by atoms with Crippen LogP contribution < -0.4 is 9.47 Å². The number of hydrogen-bond donors (Lipinski definition) is 0. The Morgan fingerprint density at radius 2 is 0.681 bits per heavy atom. The van der Waals surface area contributed by atoms with Crippen molar-refractivity contribution in [2.24, 2.45) is 0 Å². The van der Waals surface area contributed by atoms with Crippen molar-refractivity contribution in [1.29, 1.82) is 0 Å². The summed E-state index contributed by atoms with van der Waals surface area (Å²) < 4.78 is 21.9. The third-order valence-electron chi connectivity index (χ3n) is 23.1. The molecule has 0 unspecified atom stereocenters. The van der Waals surface area contributed by atoms with Gasteiger partial charge in [-0.15, -0.1) is 94.7 Å². The van der Waals surface area contributed by atoms with Gasteiger partial charge in [-0.1, -0.05) is 283 Å². The van der Waals surface area contributed by atoms with Crippen molar-refractivity contribution in [2.45, 2.75) is 117 Å². The van der Waals surface area contributed by atoms with Gasteiger partial charge in [-0.25, -0.2) is 4.98 Å². The zero-order chi connectivity index (χ0) is 78.1. The molecule has 0 N–H and O–H groups in total. The molecule has 18 aromatic rings. The van der Waals surface area contributed by atoms with Crippen molar-refractivity contribution in [3.8, 4) is 46.0 Å². The molecule has 584 valence electrons. The molecule has 0 radical (unpaired) electrons. The van der Waals surface area contributed by atoms with Crippen LogP contribution in [0.3, 0.4) is 0 Å². The summed E-state index contributed by atoms with van der Waals surface area (Å²) in [6, 6.07) is 113. The number of ether oxygens (including phenoxy) is 2. The maximum Gasteiger partial charge on any atom is 2.00 e. The number of rotatable bonds is 17. The number of aromatic nitrogens is 8. The van der Waals surface area contributed by atoms with Crippen molar-refractivity contribution in [2.75, 3.05) is 0 Å². The van der Waals surface area contributed by atoms with Gasteiger partial charge in [0.1, 0.15) is 5.82 Å². The summed E-state index contributed by atoms with van der Waals surface area (Å²) in [7, 11) is 0. The molecule has 6 aromatic heterocycles. The van der Waals surface area contributed by atoms with Crippen LogP contribution in [-0.2, 0) is 90.3 Å². The Hall–Kier alpha value is -11.0. The number of para-hydroxylation sites is 2. The first-order chi connectivity index (χ1) is 54.4. The number of hydrogen-bond acceptors (Lipinski definition) is 6. The molecular formula is C103H89N8O2Pt3-. The van der Waals surface area contributed by atoms with E-state index in [4.69, 9.17) is 29.6 Å². The van der Waals surface area contributed by atoms with Crippen LogP contribution in [0.2, 0.25) is 0 Å². The van der Waals surface area contributed by atoms with Crippen molar-refractivity contribution < 1.29 is 72.7 Å². The first-order valence-electron chi connectivity index (χ1n) is 38.8. The normalized spacial score (nSPS) is 12.0. The fourth-order valence-electron chi connectivity index (χ4n) is 15.8. The molecule has 0 spiro atoms. The molecule has 0 fully saturated rings. The molecule has 0 aliphatic rings. The van der Waals surface area contributed by atoms with E-state index >= 15 is 0 Å². The van der Waals surface area contributed by atoms with Crippen LogP contribution in [0.5, 0.6) is 23.0 Å². The fourth-order valence-corrected chi connectivity index (χ4v) is 15.8. The summed E-state index contributed by atoms with van der Waals surface area (Å²) in [6.07, 6.45) is 7.60. The van der Waals surface area contributed by atoms with Crippen molar-refractivity contribution in [3.05, 3.63) is 390 Å². The zero-order valence-corrected chi connectivity index (χ0v) is 74.0. The van der Waals surface area contributed by atoms with E-state index in [1.165, 1.54) is 44.9 Å². The van der Waals surface area contributed by atoms with Crippen LogP contribution in [0.15, 0.2) is 304 Å². The molecule has 18 rings (SSSR count). The molecule has 12 aromatic carbocycles. The average Bonchev–Trinajstić information content (AvgIpc) is 1.58. The average molecular weight is 2060 g/mol. The van der Waals surface area contributed by atoms with Gasteiger partial charge in [0.25, 0.3) is 0 Å². The van der Waals surface area contributed by atoms with Gasteiger partial charge in [0.2, 0.25) is 0 Å². The summed E-state index contributed by atoms with van der Waals surface area (Å²) in [5.41, 5.74) is 18.4. The molecular weight excluding hydrogens is 1970 g/mol. The van der Waals surface area contributed by atoms with Crippen LogP contribution in [0.4, 0.5) is 0 Å². The van der Waals surface area contributed by atoms with E-state index in [1.54, 1.807) is 0 Å². The maximum atomic E-state index is 6.88. The van der Waals surface area contributed by atoms with Gasteiger partial charge in [-0.2, -0.15) is 33.8 Å². The Morgan fingerprint density at radius 1 is 0.310 bits per heavy atom. The maximum absolute atomic E-state index is 6.88. The first-order valence-corrected chi connectivity index (χ1v) is 38.8. The number of pyridine rings is 2. The first kappa shape index (κ1) is 81.6. The minimum atomic E-state index is -0.346. The predicted molar refractivity (Wildman–Crippen MR) is 461 cm³/mol. The molecule has 0 atom stereocenters. The molecule has 0 aliphatic carbocycles. The second-order valence-corrected chi connectivity index (χ2v) is 33.0. The van der Waals surface area contributed by atoms with E-state index in [2.05, 4.69) is 366 Å². The second-order valence-electron chi connectivity index (χ2n) is 33.0. The van der Waals surface area contributed by atoms with Crippen LogP contribution in [-0.4, -0.2) is 38.7 Å². The predicted octanol–water partition coefficient (Wildman–Crippen LogP) is 25.4. The van der Waals surface area contributed by atoms with Gasteiger partial charge < -0.3 is 18.6 Å². The number of nitrogens with zero attached hydrogens (tertiary/aromatic N) is 8. The van der Waals surface area contributed by atoms with Crippen LogP contribution in [0.1, 0.15) is 146 Å². The zero-order valence-electron chi connectivity index (χ0n) is 67.2. The minimum Gasteiger partial charge on any atom is -0.509 e. The molecule has 6 heterocycles. The van der Waals surface area contributed by atoms with E-state index in [9.17, 15) is 0 Å². The van der Waals surface area contributed by atoms with Gasteiger partial charge in [0.15, 0.2) is 0 Å². The molecule has 0 amide bonds. The van der Waals surface area contributed by atoms with E-state index in [0.717, 1.165) is 105 Å². The molecule has 0 bridgehead atoms. The van der Waals surface area contributed by atoms with E-state index in [-0.39, 0.29) is 90.3 Å². The van der Waals surface area contributed by atoms with Gasteiger partial charge >= 0.3 is 42.1 Å². The Bertz CT molecular complexity index is 6590. The molecule has 0 saturated heterocycles. The van der Waals surface area contributed by atoms with Gasteiger partial charge in [-0.3, -0.25) is 14.3 Å². The number of fused-ring (bicyclic) bond motifs is 8. The third kappa shape index (κ3) is 15.5. The molecule has 0 aliphatic heterocycles. The smallest absolute Gasteiger partial charge is 0.509 e. The van der Waals surface area contributed by atoms with Crippen LogP contribution in [0, 0.1) is 30.2 Å². The fraction of sp³-hybridized carbons (Fsp3) is 0.175. The minimum absolute atomic E-state index is 0. The van der Waals surface area contributed by atoms with Gasteiger partial charge in [0, 0.05) is 88.3 Å². The molecule has 116 heavy (non-hydrogen) atoms. The topological polar surface area (TPSA) is 89.7 Å².